The Hall–Kier alpha value is -2.76. The molecule has 0 spiro atoms. The summed E-state index contributed by atoms with van der Waals surface area (Å²) >= 11 is 0. The van der Waals surface area contributed by atoms with Crippen LogP contribution in [0.25, 0.3) is 0 Å². The van der Waals surface area contributed by atoms with Crippen molar-refractivity contribution in [3.05, 3.63) is 69.5 Å². The van der Waals surface area contributed by atoms with Gasteiger partial charge in [0.2, 0.25) is 5.75 Å². The van der Waals surface area contributed by atoms with Crippen LogP contribution in [0.1, 0.15) is 15.9 Å². The normalized spacial score (nSPS) is 10.1. The third kappa shape index (κ3) is 2.80. The highest BCUT2D eigenvalue weighted by Gasteiger charge is 2.20. The average Bonchev–Trinajstić information content (AvgIpc) is 2.38. The molecule has 0 saturated heterocycles. The number of nitro groups is 1. The Balaban J connectivity index is 2.35. The fraction of sp³-hybridized carbons (Fsp3) is 0.0714. The summed E-state index contributed by atoms with van der Waals surface area (Å²) in [5.41, 5.74) is 0.468. The van der Waals surface area contributed by atoms with Crippen molar-refractivity contribution in [1.29, 1.82) is 0 Å². The fourth-order valence-electron chi connectivity index (χ4n) is 1.68. The Morgan fingerprint density at radius 1 is 1.25 bits per heavy atom. The maximum Gasteiger partial charge on any atom is 0.344 e. The minimum absolute atomic E-state index is 0.269. The van der Waals surface area contributed by atoms with Crippen LogP contribution in [0, 0.1) is 22.9 Å². The van der Waals surface area contributed by atoms with Gasteiger partial charge in [-0.25, -0.2) is 9.18 Å². The van der Waals surface area contributed by atoms with Gasteiger partial charge in [0.25, 0.3) is 0 Å². The van der Waals surface area contributed by atoms with E-state index in [2.05, 4.69) is 0 Å². The number of carbonyl (C=O) groups excluding carboxylic acids is 1. The van der Waals surface area contributed by atoms with Crippen molar-refractivity contribution in [2.75, 3.05) is 0 Å². The average molecular weight is 275 g/mol. The van der Waals surface area contributed by atoms with Gasteiger partial charge in [-0.1, -0.05) is 18.2 Å². The molecule has 102 valence electrons. The lowest BCUT2D eigenvalue weighted by Gasteiger charge is -2.07. The minimum atomic E-state index is -0.767. The van der Waals surface area contributed by atoms with Crippen LogP contribution in [0.3, 0.4) is 0 Å². The van der Waals surface area contributed by atoms with Crippen molar-refractivity contribution < 1.29 is 18.8 Å². The summed E-state index contributed by atoms with van der Waals surface area (Å²) in [6, 6.07) is 9.33. The van der Waals surface area contributed by atoms with E-state index in [4.69, 9.17) is 4.74 Å². The van der Waals surface area contributed by atoms with Crippen LogP contribution in [0.2, 0.25) is 0 Å². The van der Waals surface area contributed by atoms with Crippen LogP contribution in [-0.2, 0) is 0 Å². The number of aryl methyl sites for hydroxylation is 1. The summed E-state index contributed by atoms with van der Waals surface area (Å²) in [6.45, 7) is 1.70. The van der Waals surface area contributed by atoms with Gasteiger partial charge in [-0.3, -0.25) is 10.1 Å². The van der Waals surface area contributed by atoms with Gasteiger partial charge >= 0.3 is 11.7 Å². The first kappa shape index (κ1) is 13.7. The first-order valence-corrected chi connectivity index (χ1v) is 5.71. The van der Waals surface area contributed by atoms with Gasteiger partial charge in [-0.05, 0) is 24.6 Å². The summed E-state index contributed by atoms with van der Waals surface area (Å²) < 4.78 is 18.1. The molecule has 20 heavy (non-hydrogen) atoms. The van der Waals surface area contributed by atoms with Crippen molar-refractivity contribution in [1.82, 2.24) is 0 Å². The first-order chi connectivity index (χ1) is 9.49. The summed E-state index contributed by atoms with van der Waals surface area (Å²) in [6.07, 6.45) is 0. The van der Waals surface area contributed by atoms with Crippen LogP contribution in [0.15, 0.2) is 42.5 Å². The van der Waals surface area contributed by atoms with E-state index >= 15 is 0 Å². The zero-order chi connectivity index (χ0) is 14.7. The molecule has 2 aromatic rings. The smallest absolute Gasteiger partial charge is 0.344 e. The van der Waals surface area contributed by atoms with Crippen LogP contribution < -0.4 is 4.74 Å². The van der Waals surface area contributed by atoms with E-state index in [1.165, 1.54) is 6.07 Å². The zero-order valence-corrected chi connectivity index (χ0v) is 10.5. The molecule has 0 amide bonds. The summed E-state index contributed by atoms with van der Waals surface area (Å²) in [5, 5.41) is 10.8. The molecular weight excluding hydrogens is 265 g/mol. The molecule has 0 atom stereocenters. The number of hydrogen-bond donors (Lipinski definition) is 0. The number of benzene rings is 2. The second-order valence-corrected chi connectivity index (χ2v) is 4.07. The second-order valence-electron chi connectivity index (χ2n) is 4.07. The topological polar surface area (TPSA) is 69.4 Å². The highest BCUT2D eigenvalue weighted by molar-refractivity contribution is 5.93. The summed E-state index contributed by atoms with van der Waals surface area (Å²) in [7, 11) is 0. The number of esters is 1. The van der Waals surface area contributed by atoms with Crippen molar-refractivity contribution in [2.24, 2.45) is 0 Å². The fourth-order valence-corrected chi connectivity index (χ4v) is 1.68. The van der Waals surface area contributed by atoms with E-state index < -0.39 is 28.1 Å². The molecule has 0 heterocycles. The Labute approximate surface area is 113 Å². The second kappa shape index (κ2) is 5.48. The van der Waals surface area contributed by atoms with Gasteiger partial charge in [0.15, 0.2) is 0 Å². The molecule has 0 aliphatic rings. The lowest BCUT2D eigenvalue weighted by Crippen LogP contribution is -2.11. The lowest BCUT2D eigenvalue weighted by molar-refractivity contribution is -0.385. The molecule has 0 aliphatic heterocycles. The van der Waals surface area contributed by atoms with Gasteiger partial charge in [-0.2, -0.15) is 0 Å². The monoisotopic (exact) mass is 275 g/mol. The van der Waals surface area contributed by atoms with Crippen molar-refractivity contribution in [3.63, 3.8) is 0 Å². The van der Waals surface area contributed by atoms with E-state index in [1.54, 1.807) is 25.1 Å². The summed E-state index contributed by atoms with van der Waals surface area (Å²) in [4.78, 5) is 22.0. The summed E-state index contributed by atoms with van der Waals surface area (Å²) in [5.74, 6) is -1.90. The van der Waals surface area contributed by atoms with Crippen LogP contribution >= 0.6 is 0 Å². The van der Waals surface area contributed by atoms with Gasteiger partial charge < -0.3 is 4.74 Å². The molecule has 0 N–H and O–H groups in total. The predicted octanol–water partition coefficient (Wildman–Crippen LogP) is 3.26. The van der Waals surface area contributed by atoms with Crippen LogP contribution in [0.5, 0.6) is 5.75 Å². The molecular formula is C14H10FNO4. The third-order valence-corrected chi connectivity index (χ3v) is 2.69. The SMILES string of the molecule is Cc1ccccc1C(=O)Oc1cc(F)ccc1[N+](=O)[O-]. The lowest BCUT2D eigenvalue weighted by atomic mass is 10.1. The van der Waals surface area contributed by atoms with E-state index in [9.17, 15) is 19.3 Å². The Kier molecular flexibility index (Phi) is 3.74. The van der Waals surface area contributed by atoms with Gasteiger partial charge in [0.1, 0.15) is 5.82 Å². The standard InChI is InChI=1S/C14H10FNO4/c1-9-4-2-3-5-11(9)14(17)20-13-8-10(15)6-7-12(13)16(18)19/h2-8H,1H3. The molecule has 0 fully saturated rings. The van der Waals surface area contributed by atoms with Gasteiger partial charge in [0.05, 0.1) is 10.5 Å². The number of nitro benzene ring substituents is 1. The molecule has 0 unspecified atom stereocenters. The third-order valence-electron chi connectivity index (χ3n) is 2.69. The number of carbonyl (C=O) groups is 1. The molecule has 5 nitrogen and oxygen atoms in total. The maximum absolute atomic E-state index is 13.1. The minimum Gasteiger partial charge on any atom is -0.415 e. The Morgan fingerprint density at radius 3 is 2.60 bits per heavy atom. The maximum atomic E-state index is 13.1. The molecule has 2 aromatic carbocycles. The Bertz CT molecular complexity index is 685. The molecule has 0 bridgehead atoms. The molecule has 2 rings (SSSR count). The highest BCUT2D eigenvalue weighted by Crippen LogP contribution is 2.28. The first-order valence-electron chi connectivity index (χ1n) is 5.71. The van der Waals surface area contributed by atoms with Gasteiger partial charge in [-0.15, -0.1) is 0 Å². The number of ether oxygens (including phenoxy) is 1. The molecule has 0 radical (unpaired) electrons. The number of hydrogen-bond acceptors (Lipinski definition) is 4. The Morgan fingerprint density at radius 2 is 1.95 bits per heavy atom. The van der Waals surface area contributed by atoms with E-state index in [0.29, 0.717) is 5.56 Å². The number of halogens is 1. The van der Waals surface area contributed by atoms with Crippen LogP contribution in [-0.4, -0.2) is 10.9 Å². The number of nitrogens with zero attached hydrogens (tertiary/aromatic N) is 1. The zero-order valence-electron chi connectivity index (χ0n) is 10.5. The van der Waals surface area contributed by atoms with Crippen LogP contribution in [0.4, 0.5) is 10.1 Å². The molecule has 0 aromatic heterocycles. The van der Waals surface area contributed by atoms with Gasteiger partial charge in [0, 0.05) is 12.1 Å². The quantitative estimate of drug-likeness (QED) is 0.373. The molecule has 0 aliphatic carbocycles. The molecule has 6 heteroatoms. The van der Waals surface area contributed by atoms with E-state index in [1.807, 2.05) is 0 Å². The van der Waals surface area contributed by atoms with E-state index in [0.717, 1.165) is 18.2 Å². The predicted molar refractivity (Wildman–Crippen MR) is 69.2 cm³/mol. The van der Waals surface area contributed by atoms with Crippen molar-refractivity contribution in [3.8, 4) is 5.75 Å². The largest absolute Gasteiger partial charge is 0.415 e. The van der Waals surface area contributed by atoms with Crippen molar-refractivity contribution in [2.45, 2.75) is 6.92 Å². The molecule has 0 saturated carbocycles. The van der Waals surface area contributed by atoms with E-state index in [-0.39, 0.29) is 5.56 Å². The number of rotatable bonds is 3. The highest BCUT2D eigenvalue weighted by atomic mass is 19.1. The van der Waals surface area contributed by atoms with Crippen molar-refractivity contribution >= 4 is 11.7 Å².